The summed E-state index contributed by atoms with van der Waals surface area (Å²) in [6.45, 7) is 8.69. The molecule has 0 aliphatic heterocycles. The Morgan fingerprint density at radius 1 is 1.30 bits per heavy atom. The number of fused-ring (bicyclic) bond motifs is 1. The van der Waals surface area contributed by atoms with Gasteiger partial charge < -0.3 is 4.74 Å². The van der Waals surface area contributed by atoms with Crippen LogP contribution in [0.15, 0.2) is 43.0 Å². The van der Waals surface area contributed by atoms with E-state index in [9.17, 15) is 4.79 Å². The van der Waals surface area contributed by atoms with Gasteiger partial charge in [-0.25, -0.2) is 4.79 Å². The predicted octanol–water partition coefficient (Wildman–Crippen LogP) is 5.25. The van der Waals surface area contributed by atoms with E-state index in [0.29, 0.717) is 23.3 Å². The molecule has 2 heteroatoms. The first-order chi connectivity index (χ1) is 11.1. The van der Waals surface area contributed by atoms with Crippen molar-refractivity contribution in [2.75, 3.05) is 0 Å². The van der Waals surface area contributed by atoms with Crippen LogP contribution in [0, 0.1) is 23.2 Å². The molecular formula is C21H28O2. The number of carbonyl (C=O) groups is 1. The van der Waals surface area contributed by atoms with Crippen molar-refractivity contribution in [3.8, 4) is 0 Å². The largest absolute Gasteiger partial charge is 0.458 e. The van der Waals surface area contributed by atoms with Crippen LogP contribution in [0.2, 0.25) is 0 Å². The van der Waals surface area contributed by atoms with Crippen molar-refractivity contribution in [2.24, 2.45) is 23.2 Å². The number of esters is 1. The van der Waals surface area contributed by atoms with Crippen LogP contribution >= 0.6 is 0 Å². The normalized spacial score (nSPS) is 34.4. The highest BCUT2D eigenvalue weighted by molar-refractivity contribution is 5.89. The number of hydrogen-bond acceptors (Lipinski definition) is 2. The third-order valence-corrected chi connectivity index (χ3v) is 6.41. The van der Waals surface area contributed by atoms with E-state index >= 15 is 0 Å². The molecule has 23 heavy (non-hydrogen) atoms. The minimum Gasteiger partial charge on any atom is -0.458 e. The van der Waals surface area contributed by atoms with Gasteiger partial charge in [-0.3, -0.25) is 0 Å². The van der Waals surface area contributed by atoms with Crippen molar-refractivity contribution in [2.45, 2.75) is 52.1 Å². The Morgan fingerprint density at radius 3 is 2.74 bits per heavy atom. The summed E-state index contributed by atoms with van der Waals surface area (Å²) in [6, 6.07) is 9.37. The van der Waals surface area contributed by atoms with Crippen molar-refractivity contribution in [3.63, 3.8) is 0 Å². The fourth-order valence-corrected chi connectivity index (χ4v) is 5.11. The predicted molar refractivity (Wildman–Crippen MR) is 93.2 cm³/mol. The maximum atomic E-state index is 12.4. The monoisotopic (exact) mass is 312 g/mol. The van der Waals surface area contributed by atoms with Gasteiger partial charge in [0.15, 0.2) is 0 Å². The molecule has 0 amide bonds. The van der Waals surface area contributed by atoms with Gasteiger partial charge in [0.25, 0.3) is 0 Å². The SMILES string of the molecule is C=C[C@H](C)[C@H]1CC[C@H]2[C@@H](OC(=O)c3ccccc3)CCC[C@]12C. The molecular weight excluding hydrogens is 284 g/mol. The highest BCUT2D eigenvalue weighted by atomic mass is 16.5. The first-order valence-electron chi connectivity index (χ1n) is 8.95. The van der Waals surface area contributed by atoms with Crippen LogP contribution in [0.4, 0.5) is 0 Å². The summed E-state index contributed by atoms with van der Waals surface area (Å²) in [5.41, 5.74) is 0.946. The smallest absolute Gasteiger partial charge is 0.338 e. The van der Waals surface area contributed by atoms with E-state index in [1.807, 2.05) is 30.3 Å². The van der Waals surface area contributed by atoms with Crippen LogP contribution in [-0.2, 0) is 4.74 Å². The first kappa shape index (κ1) is 16.3. The van der Waals surface area contributed by atoms with E-state index in [1.54, 1.807) is 0 Å². The zero-order valence-corrected chi connectivity index (χ0v) is 14.3. The van der Waals surface area contributed by atoms with E-state index < -0.39 is 0 Å². The van der Waals surface area contributed by atoms with E-state index in [1.165, 1.54) is 19.3 Å². The summed E-state index contributed by atoms with van der Waals surface area (Å²) >= 11 is 0. The Kier molecular flexibility index (Phi) is 4.61. The second-order valence-electron chi connectivity index (χ2n) is 7.59. The lowest BCUT2D eigenvalue weighted by atomic mass is 9.62. The Labute approximate surface area is 139 Å². The average molecular weight is 312 g/mol. The lowest BCUT2D eigenvalue weighted by molar-refractivity contribution is -0.0444. The zero-order valence-electron chi connectivity index (χ0n) is 14.3. The van der Waals surface area contributed by atoms with E-state index in [-0.39, 0.29) is 17.5 Å². The Balaban J connectivity index is 1.75. The maximum Gasteiger partial charge on any atom is 0.338 e. The molecule has 3 rings (SSSR count). The molecule has 5 atom stereocenters. The van der Waals surface area contributed by atoms with Crippen LogP contribution in [0.1, 0.15) is 56.3 Å². The van der Waals surface area contributed by atoms with E-state index in [0.717, 1.165) is 12.8 Å². The van der Waals surface area contributed by atoms with Gasteiger partial charge in [0, 0.05) is 5.92 Å². The van der Waals surface area contributed by atoms with E-state index in [4.69, 9.17) is 4.74 Å². The molecule has 0 unspecified atom stereocenters. The van der Waals surface area contributed by atoms with Gasteiger partial charge in [0.05, 0.1) is 5.56 Å². The molecule has 0 aromatic heterocycles. The van der Waals surface area contributed by atoms with Crippen LogP contribution in [-0.4, -0.2) is 12.1 Å². The summed E-state index contributed by atoms with van der Waals surface area (Å²) in [6.07, 6.45) is 7.98. The first-order valence-corrected chi connectivity index (χ1v) is 8.95. The summed E-state index contributed by atoms with van der Waals surface area (Å²) in [7, 11) is 0. The van der Waals surface area contributed by atoms with Crippen molar-refractivity contribution in [1.82, 2.24) is 0 Å². The molecule has 0 N–H and O–H groups in total. The summed E-state index contributed by atoms with van der Waals surface area (Å²) < 4.78 is 5.95. The van der Waals surface area contributed by atoms with Gasteiger partial charge in [-0.2, -0.15) is 0 Å². The average Bonchev–Trinajstić information content (AvgIpc) is 2.93. The second-order valence-corrected chi connectivity index (χ2v) is 7.59. The molecule has 2 nitrogen and oxygen atoms in total. The number of rotatable bonds is 4. The molecule has 2 aliphatic carbocycles. The fourth-order valence-electron chi connectivity index (χ4n) is 5.11. The summed E-state index contributed by atoms with van der Waals surface area (Å²) in [5, 5.41) is 0. The second kappa shape index (κ2) is 6.51. The fraction of sp³-hybridized carbons (Fsp3) is 0.571. The van der Waals surface area contributed by atoms with Crippen LogP contribution in [0.5, 0.6) is 0 Å². The van der Waals surface area contributed by atoms with Gasteiger partial charge in [0.2, 0.25) is 0 Å². The van der Waals surface area contributed by atoms with Crippen molar-refractivity contribution in [1.29, 1.82) is 0 Å². The van der Waals surface area contributed by atoms with E-state index in [2.05, 4.69) is 26.5 Å². The molecule has 1 aromatic rings. The molecule has 0 saturated heterocycles. The minimum atomic E-state index is -0.167. The number of benzene rings is 1. The number of hydrogen-bond donors (Lipinski definition) is 0. The molecule has 0 spiro atoms. The number of allylic oxidation sites excluding steroid dienone is 1. The topological polar surface area (TPSA) is 26.3 Å². The molecule has 0 bridgehead atoms. The summed E-state index contributed by atoms with van der Waals surface area (Å²) in [4.78, 5) is 12.4. The third kappa shape index (κ3) is 2.96. The quantitative estimate of drug-likeness (QED) is 0.560. The standard InChI is InChI=1S/C21H28O2/c1-4-15(2)17-12-13-18-19(11-8-14-21(17,18)3)23-20(22)16-9-6-5-7-10-16/h4-7,9-10,15,17-19H,1,8,11-14H2,2-3H3/t15-,17+,18-,19-,21+/m0/s1. The third-order valence-electron chi connectivity index (χ3n) is 6.41. The Morgan fingerprint density at radius 2 is 2.04 bits per heavy atom. The van der Waals surface area contributed by atoms with Crippen molar-refractivity contribution < 1.29 is 9.53 Å². The molecule has 2 saturated carbocycles. The molecule has 2 aliphatic rings. The highest BCUT2D eigenvalue weighted by Gasteiger charge is 2.53. The van der Waals surface area contributed by atoms with Crippen LogP contribution in [0.3, 0.4) is 0 Å². The number of ether oxygens (including phenoxy) is 1. The van der Waals surface area contributed by atoms with Gasteiger partial charge in [-0.1, -0.05) is 38.1 Å². The molecule has 1 aromatic carbocycles. The zero-order chi connectivity index (χ0) is 16.4. The van der Waals surface area contributed by atoms with Crippen molar-refractivity contribution >= 4 is 5.97 Å². The molecule has 0 radical (unpaired) electrons. The van der Waals surface area contributed by atoms with Gasteiger partial charge >= 0.3 is 5.97 Å². The van der Waals surface area contributed by atoms with Gasteiger partial charge in [-0.05, 0) is 61.5 Å². The maximum absolute atomic E-state index is 12.4. The van der Waals surface area contributed by atoms with Crippen LogP contribution < -0.4 is 0 Å². The minimum absolute atomic E-state index is 0.0727. The van der Waals surface area contributed by atoms with Gasteiger partial charge in [0.1, 0.15) is 6.10 Å². The number of carbonyl (C=O) groups excluding carboxylic acids is 1. The highest BCUT2D eigenvalue weighted by Crippen LogP contribution is 2.58. The lowest BCUT2D eigenvalue weighted by Gasteiger charge is -2.45. The lowest BCUT2D eigenvalue weighted by Crippen LogP contribution is -2.43. The van der Waals surface area contributed by atoms with Crippen LogP contribution in [0.25, 0.3) is 0 Å². The molecule has 0 heterocycles. The molecule has 2 fully saturated rings. The molecule has 124 valence electrons. The van der Waals surface area contributed by atoms with Gasteiger partial charge in [-0.15, -0.1) is 6.58 Å². The Bertz CT molecular complexity index is 564. The Hall–Kier alpha value is -1.57. The summed E-state index contributed by atoms with van der Waals surface area (Å²) in [5.74, 6) is 1.54. The van der Waals surface area contributed by atoms with Crippen molar-refractivity contribution in [3.05, 3.63) is 48.6 Å².